The first-order valence-corrected chi connectivity index (χ1v) is 6.41. The molecule has 1 aliphatic heterocycles. The van der Waals surface area contributed by atoms with Crippen LogP contribution in [-0.2, 0) is 0 Å². The van der Waals surface area contributed by atoms with Crippen molar-refractivity contribution in [3.8, 4) is 0 Å². The van der Waals surface area contributed by atoms with Gasteiger partial charge in [-0.15, -0.1) is 0 Å². The van der Waals surface area contributed by atoms with E-state index in [1.807, 2.05) is 0 Å². The van der Waals surface area contributed by atoms with Crippen molar-refractivity contribution in [2.45, 2.75) is 19.3 Å². The van der Waals surface area contributed by atoms with Crippen LogP contribution in [0.4, 0.5) is 5.82 Å². The lowest BCUT2D eigenvalue weighted by Crippen LogP contribution is -2.33. The largest absolute Gasteiger partial charge is 0.478 e. The number of aromatic nitrogens is 1. The van der Waals surface area contributed by atoms with Crippen LogP contribution in [0.5, 0.6) is 0 Å². The highest BCUT2D eigenvalue weighted by molar-refractivity contribution is 5.87. The summed E-state index contributed by atoms with van der Waals surface area (Å²) in [5, 5.41) is 12.0. The monoisotopic (exact) mass is 249 g/mol. The van der Waals surface area contributed by atoms with Crippen molar-refractivity contribution in [3.63, 3.8) is 0 Å². The smallest absolute Gasteiger partial charge is 0.337 e. The number of carboxylic acid groups (broad SMARTS) is 1. The Morgan fingerprint density at radius 3 is 2.72 bits per heavy atom. The lowest BCUT2D eigenvalue weighted by Gasteiger charge is -2.26. The molecule has 2 N–H and O–H groups in total. The van der Waals surface area contributed by atoms with Gasteiger partial charge in [0.2, 0.25) is 0 Å². The van der Waals surface area contributed by atoms with Crippen molar-refractivity contribution in [2.24, 2.45) is 0 Å². The number of carbonyl (C=O) groups is 1. The Labute approximate surface area is 107 Å². The third-order valence-corrected chi connectivity index (χ3v) is 3.19. The Hall–Kier alpha value is -1.62. The average molecular weight is 249 g/mol. The third-order valence-electron chi connectivity index (χ3n) is 3.19. The van der Waals surface area contributed by atoms with Crippen LogP contribution in [0.15, 0.2) is 18.3 Å². The first-order chi connectivity index (χ1) is 8.75. The Balaban J connectivity index is 1.74. The van der Waals surface area contributed by atoms with Crippen LogP contribution in [0.2, 0.25) is 0 Å². The molecule has 5 nitrogen and oxygen atoms in total. The highest BCUT2D eigenvalue weighted by Gasteiger charge is 2.09. The molecule has 98 valence electrons. The van der Waals surface area contributed by atoms with Crippen LogP contribution in [0.1, 0.15) is 29.6 Å². The second kappa shape index (κ2) is 6.35. The molecule has 1 aromatic heterocycles. The molecule has 0 bridgehead atoms. The van der Waals surface area contributed by atoms with Crippen LogP contribution in [0.25, 0.3) is 0 Å². The summed E-state index contributed by atoms with van der Waals surface area (Å²) in [5.74, 6) is -0.209. The quantitative estimate of drug-likeness (QED) is 0.831. The first kappa shape index (κ1) is 12.8. The third kappa shape index (κ3) is 3.70. The first-order valence-electron chi connectivity index (χ1n) is 6.41. The van der Waals surface area contributed by atoms with E-state index >= 15 is 0 Å². The zero-order valence-corrected chi connectivity index (χ0v) is 10.4. The molecular weight excluding hydrogens is 230 g/mol. The molecule has 0 aliphatic carbocycles. The minimum absolute atomic E-state index is 0.219. The van der Waals surface area contributed by atoms with Crippen LogP contribution in [0.3, 0.4) is 0 Å². The molecule has 0 unspecified atom stereocenters. The number of nitrogens with zero attached hydrogens (tertiary/aromatic N) is 2. The summed E-state index contributed by atoms with van der Waals surface area (Å²) in [6.45, 7) is 4.24. The summed E-state index contributed by atoms with van der Waals surface area (Å²) >= 11 is 0. The Morgan fingerprint density at radius 1 is 1.33 bits per heavy atom. The Bertz CT molecular complexity index is 386. The molecule has 0 amide bonds. The molecule has 5 heteroatoms. The SMILES string of the molecule is O=C(O)c1ccc(NCCN2CCCCC2)nc1. The van der Waals surface area contributed by atoms with Gasteiger partial charge in [-0.1, -0.05) is 6.42 Å². The van der Waals surface area contributed by atoms with Gasteiger partial charge in [-0.05, 0) is 38.1 Å². The number of hydrogen-bond donors (Lipinski definition) is 2. The summed E-state index contributed by atoms with van der Waals surface area (Å²) in [6.07, 6.45) is 5.32. The second-order valence-corrected chi connectivity index (χ2v) is 4.57. The van der Waals surface area contributed by atoms with Gasteiger partial charge in [0.1, 0.15) is 5.82 Å². The molecule has 2 rings (SSSR count). The van der Waals surface area contributed by atoms with Gasteiger partial charge in [-0.2, -0.15) is 0 Å². The van der Waals surface area contributed by atoms with Crippen molar-refractivity contribution in [3.05, 3.63) is 23.9 Å². The van der Waals surface area contributed by atoms with E-state index in [0.29, 0.717) is 0 Å². The van der Waals surface area contributed by atoms with Gasteiger partial charge in [0, 0.05) is 19.3 Å². The Kier molecular flexibility index (Phi) is 4.52. The second-order valence-electron chi connectivity index (χ2n) is 4.57. The number of pyridine rings is 1. The van der Waals surface area contributed by atoms with Gasteiger partial charge >= 0.3 is 5.97 Å². The van der Waals surface area contributed by atoms with Crippen LogP contribution in [0, 0.1) is 0 Å². The highest BCUT2D eigenvalue weighted by atomic mass is 16.4. The molecule has 0 atom stereocenters. The number of aromatic carboxylic acids is 1. The molecule has 0 radical (unpaired) electrons. The number of carboxylic acids is 1. The molecule has 2 heterocycles. The van der Waals surface area contributed by atoms with Gasteiger partial charge < -0.3 is 15.3 Å². The van der Waals surface area contributed by atoms with E-state index in [2.05, 4.69) is 15.2 Å². The molecule has 0 spiro atoms. The van der Waals surface area contributed by atoms with E-state index in [0.717, 1.165) is 18.9 Å². The fraction of sp³-hybridized carbons (Fsp3) is 0.538. The predicted molar refractivity (Wildman–Crippen MR) is 70.0 cm³/mol. The van der Waals surface area contributed by atoms with E-state index in [9.17, 15) is 4.79 Å². The molecule has 0 saturated carbocycles. The summed E-state index contributed by atoms with van der Waals surface area (Å²) in [4.78, 5) is 17.2. The summed E-state index contributed by atoms with van der Waals surface area (Å²) < 4.78 is 0. The number of rotatable bonds is 5. The number of nitrogens with one attached hydrogen (secondary N) is 1. The van der Waals surface area contributed by atoms with E-state index in [1.54, 1.807) is 12.1 Å². The van der Waals surface area contributed by atoms with Gasteiger partial charge in [-0.3, -0.25) is 0 Å². The lowest BCUT2D eigenvalue weighted by atomic mass is 10.1. The molecule has 1 aliphatic rings. The topological polar surface area (TPSA) is 65.5 Å². The zero-order chi connectivity index (χ0) is 12.8. The summed E-state index contributed by atoms with van der Waals surface area (Å²) in [6, 6.07) is 3.28. The van der Waals surface area contributed by atoms with Crippen LogP contribution in [-0.4, -0.2) is 47.1 Å². The van der Waals surface area contributed by atoms with E-state index in [-0.39, 0.29) is 5.56 Å². The van der Waals surface area contributed by atoms with Crippen molar-refractivity contribution >= 4 is 11.8 Å². The minimum Gasteiger partial charge on any atom is -0.478 e. The van der Waals surface area contributed by atoms with Crippen LogP contribution >= 0.6 is 0 Å². The van der Waals surface area contributed by atoms with E-state index < -0.39 is 5.97 Å². The van der Waals surface area contributed by atoms with Crippen molar-refractivity contribution in [1.82, 2.24) is 9.88 Å². The molecule has 1 aromatic rings. The van der Waals surface area contributed by atoms with E-state index in [1.165, 1.54) is 38.5 Å². The summed E-state index contributed by atoms with van der Waals surface area (Å²) in [5.41, 5.74) is 0.219. The van der Waals surface area contributed by atoms with Gasteiger partial charge in [0.15, 0.2) is 0 Å². The van der Waals surface area contributed by atoms with Crippen LogP contribution < -0.4 is 5.32 Å². The number of hydrogen-bond acceptors (Lipinski definition) is 4. The van der Waals surface area contributed by atoms with Crippen molar-refractivity contribution in [2.75, 3.05) is 31.5 Å². The zero-order valence-electron chi connectivity index (χ0n) is 10.4. The van der Waals surface area contributed by atoms with Crippen molar-refractivity contribution < 1.29 is 9.90 Å². The van der Waals surface area contributed by atoms with Gasteiger partial charge in [-0.25, -0.2) is 9.78 Å². The maximum atomic E-state index is 10.7. The van der Waals surface area contributed by atoms with Gasteiger partial charge in [0.25, 0.3) is 0 Å². The molecule has 1 fully saturated rings. The summed E-state index contributed by atoms with van der Waals surface area (Å²) in [7, 11) is 0. The molecule has 18 heavy (non-hydrogen) atoms. The molecular formula is C13H19N3O2. The lowest BCUT2D eigenvalue weighted by molar-refractivity contribution is 0.0696. The fourth-order valence-electron chi connectivity index (χ4n) is 2.15. The standard InChI is InChI=1S/C13H19N3O2/c17-13(18)11-4-5-12(15-10-11)14-6-9-16-7-2-1-3-8-16/h4-5,10H,1-3,6-9H2,(H,14,15)(H,17,18). The minimum atomic E-state index is -0.942. The predicted octanol–water partition coefficient (Wildman–Crippen LogP) is 1.68. The molecule has 1 saturated heterocycles. The number of piperidine rings is 1. The average Bonchev–Trinajstić information content (AvgIpc) is 2.40. The Morgan fingerprint density at radius 2 is 2.11 bits per heavy atom. The number of likely N-dealkylation sites (tertiary alicyclic amines) is 1. The van der Waals surface area contributed by atoms with Gasteiger partial charge in [0.05, 0.1) is 5.56 Å². The normalized spacial score (nSPS) is 16.4. The highest BCUT2D eigenvalue weighted by Crippen LogP contribution is 2.08. The van der Waals surface area contributed by atoms with E-state index in [4.69, 9.17) is 5.11 Å². The number of anilines is 1. The maximum Gasteiger partial charge on any atom is 0.337 e. The fourth-order valence-corrected chi connectivity index (χ4v) is 2.15. The van der Waals surface area contributed by atoms with Crippen molar-refractivity contribution in [1.29, 1.82) is 0 Å². The molecule has 0 aromatic carbocycles. The maximum absolute atomic E-state index is 10.7.